The number of aliphatic hydroxyl groups is 1. The average Bonchev–Trinajstić information content (AvgIpc) is 3.49. The Hall–Kier alpha value is -3.26. The van der Waals surface area contributed by atoms with Crippen molar-refractivity contribution >= 4 is 63.1 Å². The molecule has 0 unspecified atom stereocenters. The molecule has 0 spiro atoms. The van der Waals surface area contributed by atoms with Crippen molar-refractivity contribution < 1.29 is 5.11 Å². The number of fused-ring (bicyclic) bond motifs is 3. The lowest BCUT2D eigenvalue weighted by Crippen LogP contribution is -2.06. The smallest absolute Gasteiger partial charge is 0.274 e. The molecule has 178 valence electrons. The first-order valence-electron chi connectivity index (χ1n) is 10.8. The first kappa shape index (κ1) is 23.2. The Bertz CT molecular complexity index is 1840. The van der Waals surface area contributed by atoms with Crippen LogP contribution in [-0.4, -0.2) is 44.9 Å². The number of aliphatic hydroxyl groups excluding tert-OH is 1. The van der Waals surface area contributed by atoms with Gasteiger partial charge in [0.25, 0.3) is 5.78 Å². The molecular formula is C24H16ClIN8OS. The Morgan fingerprint density at radius 1 is 1.11 bits per heavy atom. The molecule has 3 heterocycles. The van der Waals surface area contributed by atoms with E-state index in [9.17, 15) is 5.11 Å². The van der Waals surface area contributed by atoms with Gasteiger partial charge in [-0.3, -0.25) is 5.10 Å². The van der Waals surface area contributed by atoms with E-state index < -0.39 is 0 Å². The monoisotopic (exact) mass is 626 g/mol. The largest absolute Gasteiger partial charge is 0.392 e. The van der Waals surface area contributed by atoms with E-state index in [1.165, 1.54) is 0 Å². The Kier molecular flexibility index (Phi) is 5.79. The number of benzene rings is 3. The van der Waals surface area contributed by atoms with Crippen molar-refractivity contribution in [2.75, 3.05) is 0 Å². The summed E-state index contributed by atoms with van der Waals surface area (Å²) in [6.07, 6.45) is 0. The Morgan fingerprint density at radius 2 is 1.92 bits per heavy atom. The number of nitrogens with zero attached hydrogens (tertiary/aromatic N) is 7. The van der Waals surface area contributed by atoms with Crippen LogP contribution in [0.2, 0.25) is 5.02 Å². The molecule has 36 heavy (non-hydrogen) atoms. The zero-order valence-electron chi connectivity index (χ0n) is 18.6. The molecule has 0 saturated carbocycles. The SMILES string of the molecule is Cn1c(-c2c(CO)c(-c3ccc(I)cc3)cc3c2c(-c2cccc(Cl)c2)nc2nnnn23)n[nH]c1=S. The van der Waals surface area contributed by atoms with Gasteiger partial charge >= 0.3 is 0 Å². The molecule has 0 aliphatic heterocycles. The van der Waals surface area contributed by atoms with E-state index >= 15 is 0 Å². The topological polar surface area (TPSA) is 110 Å². The number of rotatable bonds is 4. The lowest BCUT2D eigenvalue weighted by Gasteiger charge is -2.19. The van der Waals surface area contributed by atoms with E-state index in [0.717, 1.165) is 20.3 Å². The molecule has 12 heteroatoms. The highest BCUT2D eigenvalue weighted by atomic mass is 127. The van der Waals surface area contributed by atoms with Crippen molar-refractivity contribution in [2.24, 2.45) is 7.05 Å². The number of tetrazole rings is 1. The quantitative estimate of drug-likeness (QED) is 0.204. The predicted molar refractivity (Wildman–Crippen MR) is 148 cm³/mol. The Balaban J connectivity index is 1.87. The normalized spacial score (nSPS) is 11.6. The number of aromatic amines is 1. The van der Waals surface area contributed by atoms with Crippen LogP contribution in [-0.2, 0) is 13.7 Å². The van der Waals surface area contributed by atoms with Gasteiger partial charge in [0.1, 0.15) is 0 Å². The van der Waals surface area contributed by atoms with Crippen molar-refractivity contribution in [3.8, 4) is 33.8 Å². The van der Waals surface area contributed by atoms with E-state index in [1.807, 2.05) is 55.6 Å². The number of hydrogen-bond acceptors (Lipinski definition) is 7. The van der Waals surface area contributed by atoms with E-state index in [2.05, 4.69) is 48.3 Å². The van der Waals surface area contributed by atoms with Crippen LogP contribution in [0.4, 0.5) is 0 Å². The summed E-state index contributed by atoms with van der Waals surface area (Å²) in [4.78, 5) is 4.80. The van der Waals surface area contributed by atoms with E-state index in [0.29, 0.717) is 49.1 Å². The van der Waals surface area contributed by atoms with Crippen LogP contribution in [0.1, 0.15) is 5.56 Å². The molecule has 0 atom stereocenters. The zero-order valence-corrected chi connectivity index (χ0v) is 22.4. The van der Waals surface area contributed by atoms with Gasteiger partial charge in [-0.25, -0.2) is 4.98 Å². The van der Waals surface area contributed by atoms with Gasteiger partial charge in [-0.05, 0) is 92.3 Å². The maximum absolute atomic E-state index is 10.7. The van der Waals surface area contributed by atoms with Crippen LogP contribution >= 0.6 is 46.4 Å². The second kappa shape index (κ2) is 9.00. The number of nitrogens with one attached hydrogen (secondary N) is 1. The minimum atomic E-state index is -0.241. The molecule has 0 radical (unpaired) electrons. The van der Waals surface area contributed by atoms with Gasteiger partial charge in [0, 0.05) is 32.2 Å². The van der Waals surface area contributed by atoms with Gasteiger partial charge in [0.15, 0.2) is 10.6 Å². The molecule has 3 aromatic carbocycles. The molecule has 0 fully saturated rings. The van der Waals surface area contributed by atoms with Crippen LogP contribution in [0, 0.1) is 8.34 Å². The van der Waals surface area contributed by atoms with E-state index in [-0.39, 0.29) is 6.61 Å². The molecule has 0 amide bonds. The summed E-state index contributed by atoms with van der Waals surface area (Å²) in [5, 5.41) is 31.6. The molecule has 9 nitrogen and oxygen atoms in total. The zero-order chi connectivity index (χ0) is 25.0. The highest BCUT2D eigenvalue weighted by Crippen LogP contribution is 2.42. The number of halogens is 2. The summed E-state index contributed by atoms with van der Waals surface area (Å²) in [5.74, 6) is 0.892. The number of aromatic nitrogens is 8. The first-order chi connectivity index (χ1) is 17.5. The number of H-pyrrole nitrogens is 1. The third-order valence-corrected chi connectivity index (χ3v) is 7.38. The average molecular weight is 627 g/mol. The first-order valence-corrected chi connectivity index (χ1v) is 12.6. The van der Waals surface area contributed by atoms with Gasteiger partial charge in [0.05, 0.1) is 17.8 Å². The maximum atomic E-state index is 10.7. The van der Waals surface area contributed by atoms with Crippen LogP contribution in [0.15, 0.2) is 54.6 Å². The van der Waals surface area contributed by atoms with Gasteiger partial charge in [-0.2, -0.15) is 9.61 Å². The van der Waals surface area contributed by atoms with Crippen molar-refractivity contribution in [1.82, 2.24) is 39.8 Å². The van der Waals surface area contributed by atoms with Crippen molar-refractivity contribution in [3.05, 3.63) is 73.5 Å². The molecule has 6 rings (SSSR count). The second-order valence-corrected chi connectivity index (χ2v) is 10.2. The number of hydrogen-bond donors (Lipinski definition) is 2. The minimum Gasteiger partial charge on any atom is -0.392 e. The summed E-state index contributed by atoms with van der Waals surface area (Å²) in [7, 11) is 1.83. The summed E-state index contributed by atoms with van der Waals surface area (Å²) >= 11 is 14.1. The van der Waals surface area contributed by atoms with Crippen LogP contribution in [0.25, 0.3) is 50.5 Å². The molecule has 0 aliphatic carbocycles. The van der Waals surface area contributed by atoms with E-state index in [4.69, 9.17) is 28.8 Å². The van der Waals surface area contributed by atoms with Crippen LogP contribution in [0.3, 0.4) is 0 Å². The molecule has 0 aliphatic rings. The molecular weight excluding hydrogens is 611 g/mol. The summed E-state index contributed by atoms with van der Waals surface area (Å²) in [6, 6.07) is 17.5. The van der Waals surface area contributed by atoms with Gasteiger partial charge in [-0.15, -0.1) is 0 Å². The van der Waals surface area contributed by atoms with Crippen molar-refractivity contribution in [3.63, 3.8) is 0 Å². The maximum Gasteiger partial charge on any atom is 0.274 e. The fraction of sp³-hybridized carbons (Fsp3) is 0.0833. The van der Waals surface area contributed by atoms with Gasteiger partial charge in [0.2, 0.25) is 0 Å². The predicted octanol–water partition coefficient (Wildman–Crippen LogP) is 5.21. The minimum absolute atomic E-state index is 0.241. The van der Waals surface area contributed by atoms with Crippen LogP contribution < -0.4 is 0 Å². The summed E-state index contributed by atoms with van der Waals surface area (Å²) in [5.41, 5.74) is 5.21. The summed E-state index contributed by atoms with van der Waals surface area (Å²) in [6.45, 7) is -0.241. The van der Waals surface area contributed by atoms with Crippen molar-refractivity contribution in [2.45, 2.75) is 6.61 Å². The fourth-order valence-corrected chi connectivity index (χ4v) is 5.08. The summed E-state index contributed by atoms with van der Waals surface area (Å²) < 4.78 is 4.91. The molecule has 6 aromatic rings. The fourth-order valence-electron chi connectivity index (χ4n) is 4.39. The lowest BCUT2D eigenvalue weighted by atomic mass is 9.90. The van der Waals surface area contributed by atoms with Gasteiger partial charge < -0.3 is 9.67 Å². The molecule has 0 saturated heterocycles. The van der Waals surface area contributed by atoms with Crippen LogP contribution in [0.5, 0.6) is 0 Å². The van der Waals surface area contributed by atoms with Gasteiger partial charge in [-0.1, -0.05) is 41.0 Å². The third-order valence-electron chi connectivity index (χ3n) is 6.06. The van der Waals surface area contributed by atoms with E-state index in [1.54, 1.807) is 15.1 Å². The standard InChI is InChI=1S/C24H16ClIN8OS/c1-33-22(28-30-24(33)36)19-17(11-35)16(12-5-7-15(26)8-6-12)10-18-20(19)21(13-3-2-4-14(25)9-13)27-23-29-31-32-34(18)23/h2-10,35H,11H2,1H3,(H,30,36). The Labute approximate surface area is 227 Å². The lowest BCUT2D eigenvalue weighted by molar-refractivity contribution is 0.283. The second-order valence-electron chi connectivity index (χ2n) is 8.11. The molecule has 0 bridgehead atoms. The Morgan fingerprint density at radius 3 is 2.61 bits per heavy atom. The highest BCUT2D eigenvalue weighted by molar-refractivity contribution is 14.1. The van der Waals surface area contributed by atoms with Crippen molar-refractivity contribution in [1.29, 1.82) is 0 Å². The highest BCUT2D eigenvalue weighted by Gasteiger charge is 2.25. The molecule has 3 aromatic heterocycles. The molecule has 2 N–H and O–H groups in total. The third kappa shape index (κ3) is 3.70.